The van der Waals surface area contributed by atoms with E-state index in [-0.39, 0.29) is 11.5 Å². The van der Waals surface area contributed by atoms with E-state index in [0.29, 0.717) is 30.1 Å². The van der Waals surface area contributed by atoms with Crippen molar-refractivity contribution in [2.45, 2.75) is 18.8 Å². The summed E-state index contributed by atoms with van der Waals surface area (Å²) in [6.07, 6.45) is 3.95. The Morgan fingerprint density at radius 2 is 1.68 bits per heavy atom. The van der Waals surface area contributed by atoms with Crippen LogP contribution in [0.2, 0.25) is 0 Å². The van der Waals surface area contributed by atoms with Gasteiger partial charge in [-0.1, -0.05) is 36.4 Å². The Morgan fingerprint density at radius 1 is 0.964 bits per heavy atom. The number of fused-ring (bicyclic) bond motifs is 2. The zero-order valence-electron chi connectivity index (χ0n) is 15.4. The highest BCUT2D eigenvalue weighted by molar-refractivity contribution is 5.96. The van der Waals surface area contributed by atoms with Gasteiger partial charge in [-0.25, -0.2) is 0 Å². The molecular formula is C23H21N3O2. The van der Waals surface area contributed by atoms with E-state index in [0.717, 1.165) is 23.7 Å². The highest BCUT2D eigenvalue weighted by atomic mass is 16.2. The van der Waals surface area contributed by atoms with E-state index < -0.39 is 0 Å². The molecule has 1 aliphatic rings. The number of aromatic amines is 2. The van der Waals surface area contributed by atoms with Gasteiger partial charge in [-0.3, -0.25) is 9.59 Å². The molecule has 1 amide bonds. The predicted octanol–water partition coefficient (Wildman–Crippen LogP) is 4.03. The average Bonchev–Trinajstić information content (AvgIpc) is 3.17. The van der Waals surface area contributed by atoms with Crippen LogP contribution < -0.4 is 5.56 Å². The van der Waals surface area contributed by atoms with Crippen LogP contribution in [-0.4, -0.2) is 33.9 Å². The fourth-order valence-corrected chi connectivity index (χ4v) is 4.32. The first-order chi connectivity index (χ1) is 13.7. The SMILES string of the molecule is O=C(c1cc2ccccc2c(=O)[nH]1)N1CCC(c2c[nH]c3ccccc23)CC1. The fourth-order valence-electron chi connectivity index (χ4n) is 4.32. The van der Waals surface area contributed by atoms with Gasteiger partial charge in [-0.15, -0.1) is 0 Å². The number of H-pyrrole nitrogens is 2. The quantitative estimate of drug-likeness (QED) is 0.559. The zero-order chi connectivity index (χ0) is 19.1. The number of nitrogens with one attached hydrogen (secondary N) is 2. The van der Waals surface area contributed by atoms with E-state index >= 15 is 0 Å². The molecule has 5 nitrogen and oxygen atoms in total. The maximum atomic E-state index is 13.0. The van der Waals surface area contributed by atoms with Gasteiger partial charge in [0.25, 0.3) is 11.5 Å². The van der Waals surface area contributed by atoms with E-state index in [2.05, 4.69) is 34.4 Å². The normalized spacial score (nSPS) is 15.4. The van der Waals surface area contributed by atoms with Crippen LogP contribution in [0.15, 0.2) is 65.6 Å². The Balaban J connectivity index is 1.35. The lowest BCUT2D eigenvalue weighted by atomic mass is 9.89. The number of para-hydroxylation sites is 1. The lowest BCUT2D eigenvalue weighted by molar-refractivity contribution is 0.0707. The van der Waals surface area contributed by atoms with Gasteiger partial charge >= 0.3 is 0 Å². The Hall–Kier alpha value is -3.34. The number of piperidine rings is 1. The average molecular weight is 371 g/mol. The summed E-state index contributed by atoms with van der Waals surface area (Å²) >= 11 is 0. The second-order valence-corrected chi connectivity index (χ2v) is 7.46. The van der Waals surface area contributed by atoms with Crippen LogP contribution in [0.3, 0.4) is 0 Å². The van der Waals surface area contributed by atoms with Gasteiger partial charge in [0.15, 0.2) is 0 Å². The first-order valence-corrected chi connectivity index (χ1v) is 9.68. The van der Waals surface area contributed by atoms with Gasteiger partial charge in [0.1, 0.15) is 5.69 Å². The third kappa shape index (κ3) is 2.80. The molecule has 2 N–H and O–H groups in total. The summed E-state index contributed by atoms with van der Waals surface area (Å²) in [6.45, 7) is 1.38. The molecule has 2 aromatic heterocycles. The lowest BCUT2D eigenvalue weighted by Crippen LogP contribution is -2.38. The third-order valence-corrected chi connectivity index (χ3v) is 5.83. The number of rotatable bonds is 2. The van der Waals surface area contributed by atoms with Crippen LogP contribution in [0.1, 0.15) is 34.8 Å². The highest BCUT2D eigenvalue weighted by Crippen LogP contribution is 2.33. The Kier molecular flexibility index (Phi) is 4.01. The maximum Gasteiger partial charge on any atom is 0.270 e. The molecular weight excluding hydrogens is 350 g/mol. The van der Waals surface area contributed by atoms with Gasteiger partial charge in [0.2, 0.25) is 0 Å². The number of pyridine rings is 1. The molecule has 1 aliphatic heterocycles. The smallest absolute Gasteiger partial charge is 0.270 e. The van der Waals surface area contributed by atoms with Crippen LogP contribution in [0, 0.1) is 0 Å². The van der Waals surface area contributed by atoms with Crippen molar-refractivity contribution in [3.63, 3.8) is 0 Å². The second-order valence-electron chi connectivity index (χ2n) is 7.46. The number of aromatic nitrogens is 2. The number of hydrogen-bond donors (Lipinski definition) is 2. The molecule has 4 aromatic rings. The van der Waals surface area contributed by atoms with E-state index in [1.807, 2.05) is 29.2 Å². The first-order valence-electron chi connectivity index (χ1n) is 9.68. The molecule has 0 radical (unpaired) electrons. The minimum Gasteiger partial charge on any atom is -0.361 e. The first kappa shape index (κ1) is 16.8. The third-order valence-electron chi connectivity index (χ3n) is 5.83. The zero-order valence-corrected chi connectivity index (χ0v) is 15.4. The summed E-state index contributed by atoms with van der Waals surface area (Å²) in [5.41, 5.74) is 2.65. The van der Waals surface area contributed by atoms with E-state index in [1.165, 1.54) is 10.9 Å². The van der Waals surface area contributed by atoms with Crippen molar-refractivity contribution in [1.82, 2.24) is 14.9 Å². The summed E-state index contributed by atoms with van der Waals surface area (Å²) in [5, 5.41) is 2.67. The Labute approximate surface area is 162 Å². The largest absolute Gasteiger partial charge is 0.361 e. The maximum absolute atomic E-state index is 13.0. The van der Waals surface area contributed by atoms with Gasteiger partial charge in [-0.2, -0.15) is 0 Å². The molecule has 1 saturated heterocycles. The van der Waals surface area contributed by atoms with Crippen LogP contribution in [0.5, 0.6) is 0 Å². The van der Waals surface area contributed by atoms with Crippen molar-refractivity contribution in [2.24, 2.45) is 0 Å². The number of benzene rings is 2. The molecule has 0 unspecified atom stereocenters. The van der Waals surface area contributed by atoms with Crippen molar-refractivity contribution < 1.29 is 4.79 Å². The van der Waals surface area contributed by atoms with Gasteiger partial charge in [-0.05, 0) is 47.9 Å². The van der Waals surface area contributed by atoms with Crippen molar-refractivity contribution in [3.05, 3.63) is 82.4 Å². The van der Waals surface area contributed by atoms with Crippen molar-refractivity contribution in [2.75, 3.05) is 13.1 Å². The minimum absolute atomic E-state index is 0.0970. The Bertz CT molecular complexity index is 1230. The van der Waals surface area contributed by atoms with E-state index in [4.69, 9.17) is 0 Å². The summed E-state index contributed by atoms with van der Waals surface area (Å²) in [6, 6.07) is 17.5. The van der Waals surface area contributed by atoms with Crippen LogP contribution in [0.25, 0.3) is 21.7 Å². The minimum atomic E-state index is -0.213. The molecule has 0 aliphatic carbocycles. The molecule has 5 rings (SSSR count). The van der Waals surface area contributed by atoms with Gasteiger partial charge in [0, 0.05) is 35.6 Å². The molecule has 28 heavy (non-hydrogen) atoms. The number of carbonyl (C=O) groups excluding carboxylic acids is 1. The van der Waals surface area contributed by atoms with E-state index in [9.17, 15) is 9.59 Å². The second kappa shape index (κ2) is 6.68. The highest BCUT2D eigenvalue weighted by Gasteiger charge is 2.26. The molecule has 3 heterocycles. The molecule has 5 heteroatoms. The molecule has 2 aromatic carbocycles. The summed E-state index contributed by atoms with van der Waals surface area (Å²) in [5.74, 6) is 0.344. The summed E-state index contributed by atoms with van der Waals surface area (Å²) in [4.78, 5) is 33.2. The number of carbonyl (C=O) groups is 1. The van der Waals surface area contributed by atoms with Gasteiger partial charge < -0.3 is 14.9 Å². The monoisotopic (exact) mass is 371 g/mol. The van der Waals surface area contributed by atoms with Crippen molar-refractivity contribution in [1.29, 1.82) is 0 Å². The molecule has 140 valence electrons. The number of hydrogen-bond acceptors (Lipinski definition) is 2. The van der Waals surface area contributed by atoms with Crippen LogP contribution in [-0.2, 0) is 0 Å². The van der Waals surface area contributed by atoms with Crippen LogP contribution in [0.4, 0.5) is 0 Å². The number of amides is 1. The topological polar surface area (TPSA) is 69.0 Å². The standard InChI is InChI=1S/C23H21N3O2/c27-22-17-6-2-1-5-16(17)13-21(25-22)23(28)26-11-9-15(10-12-26)19-14-24-20-8-4-3-7-18(19)20/h1-8,13-15,24H,9-12H2,(H,25,27). The molecule has 1 fully saturated rings. The fraction of sp³-hybridized carbons (Fsp3) is 0.217. The van der Waals surface area contributed by atoms with E-state index in [1.54, 1.807) is 12.1 Å². The molecule has 0 saturated carbocycles. The molecule has 0 atom stereocenters. The number of likely N-dealkylation sites (tertiary alicyclic amines) is 1. The van der Waals surface area contributed by atoms with Gasteiger partial charge in [0.05, 0.1) is 0 Å². The van der Waals surface area contributed by atoms with Crippen molar-refractivity contribution in [3.8, 4) is 0 Å². The lowest BCUT2D eigenvalue weighted by Gasteiger charge is -2.32. The Morgan fingerprint density at radius 3 is 2.50 bits per heavy atom. The molecule has 0 bridgehead atoms. The van der Waals surface area contributed by atoms with Crippen molar-refractivity contribution >= 4 is 27.6 Å². The summed E-state index contributed by atoms with van der Waals surface area (Å²) in [7, 11) is 0. The summed E-state index contributed by atoms with van der Waals surface area (Å²) < 4.78 is 0. The number of nitrogens with zero attached hydrogens (tertiary/aromatic N) is 1. The molecule has 0 spiro atoms. The van der Waals surface area contributed by atoms with Crippen LogP contribution >= 0.6 is 0 Å². The predicted molar refractivity (Wildman–Crippen MR) is 111 cm³/mol.